The van der Waals surface area contributed by atoms with E-state index < -0.39 is 5.60 Å². The Bertz CT molecular complexity index is 190. The van der Waals surface area contributed by atoms with E-state index in [1.165, 1.54) is 12.8 Å². The van der Waals surface area contributed by atoms with Gasteiger partial charge in [-0.25, -0.2) is 0 Å². The van der Waals surface area contributed by atoms with Crippen LogP contribution < -0.4 is 0 Å². The van der Waals surface area contributed by atoms with Crippen LogP contribution in [0.2, 0.25) is 0 Å². The van der Waals surface area contributed by atoms with Crippen molar-refractivity contribution in [3.8, 4) is 0 Å². The molecule has 0 aromatic carbocycles. The van der Waals surface area contributed by atoms with Gasteiger partial charge in [-0.2, -0.15) is 0 Å². The standard InChI is InChI=1S/C12H22O2/c1-4-12(5-2,14-6-3)11(13)9-10-7-8-10/h10H,4-9H2,1-3H3. The molecule has 0 unspecified atom stereocenters. The van der Waals surface area contributed by atoms with E-state index in [2.05, 4.69) is 0 Å². The number of ether oxygens (including phenoxy) is 1. The molecule has 2 heteroatoms. The molecule has 1 aliphatic rings. The average molecular weight is 198 g/mol. The maximum absolute atomic E-state index is 12.0. The second-order valence-electron chi connectivity index (χ2n) is 4.21. The summed E-state index contributed by atoms with van der Waals surface area (Å²) in [5.74, 6) is 0.993. The zero-order chi connectivity index (χ0) is 10.6. The molecule has 0 spiro atoms. The van der Waals surface area contributed by atoms with E-state index in [-0.39, 0.29) is 0 Å². The van der Waals surface area contributed by atoms with E-state index in [0.29, 0.717) is 18.3 Å². The van der Waals surface area contributed by atoms with Gasteiger partial charge in [-0.1, -0.05) is 13.8 Å². The van der Waals surface area contributed by atoms with E-state index >= 15 is 0 Å². The highest BCUT2D eigenvalue weighted by atomic mass is 16.5. The Labute approximate surface area is 87.0 Å². The van der Waals surface area contributed by atoms with Crippen LogP contribution in [0, 0.1) is 5.92 Å². The van der Waals surface area contributed by atoms with Crippen molar-refractivity contribution < 1.29 is 9.53 Å². The molecule has 0 radical (unpaired) electrons. The topological polar surface area (TPSA) is 26.3 Å². The lowest BCUT2D eigenvalue weighted by atomic mass is 9.89. The van der Waals surface area contributed by atoms with Gasteiger partial charge in [-0.05, 0) is 38.5 Å². The lowest BCUT2D eigenvalue weighted by molar-refractivity contribution is -0.145. The normalized spacial score (nSPS) is 17.1. The van der Waals surface area contributed by atoms with Gasteiger partial charge in [0.1, 0.15) is 5.60 Å². The first kappa shape index (κ1) is 11.7. The molecule has 0 heterocycles. The van der Waals surface area contributed by atoms with Crippen LogP contribution in [-0.2, 0) is 9.53 Å². The SMILES string of the molecule is CCOC(CC)(CC)C(=O)CC1CC1. The van der Waals surface area contributed by atoms with Gasteiger partial charge in [0.05, 0.1) is 0 Å². The molecule has 0 bridgehead atoms. The highest BCUT2D eigenvalue weighted by Crippen LogP contribution is 2.36. The van der Waals surface area contributed by atoms with E-state index in [9.17, 15) is 4.79 Å². The summed E-state index contributed by atoms with van der Waals surface area (Å²) in [5, 5.41) is 0. The predicted octanol–water partition coefficient (Wildman–Crippen LogP) is 2.95. The third-order valence-corrected chi connectivity index (χ3v) is 3.24. The van der Waals surface area contributed by atoms with Crippen LogP contribution in [-0.4, -0.2) is 18.0 Å². The molecule has 0 saturated heterocycles. The van der Waals surface area contributed by atoms with Crippen LogP contribution in [0.15, 0.2) is 0 Å². The molecule has 1 aliphatic carbocycles. The molecule has 0 atom stereocenters. The fourth-order valence-corrected chi connectivity index (χ4v) is 1.98. The molecule has 1 fully saturated rings. The fourth-order valence-electron chi connectivity index (χ4n) is 1.98. The summed E-state index contributed by atoms with van der Waals surface area (Å²) < 4.78 is 5.67. The van der Waals surface area contributed by atoms with Gasteiger partial charge >= 0.3 is 0 Å². The number of rotatable bonds is 7. The van der Waals surface area contributed by atoms with Crippen molar-refractivity contribution >= 4 is 5.78 Å². The molecule has 2 nitrogen and oxygen atoms in total. The lowest BCUT2D eigenvalue weighted by Crippen LogP contribution is -2.40. The summed E-state index contributed by atoms with van der Waals surface area (Å²) >= 11 is 0. The first-order chi connectivity index (χ1) is 6.68. The van der Waals surface area contributed by atoms with Gasteiger partial charge in [-0.15, -0.1) is 0 Å². The van der Waals surface area contributed by atoms with Crippen molar-refractivity contribution in [2.45, 2.75) is 58.5 Å². The summed E-state index contributed by atoms with van der Waals surface area (Å²) in [6, 6.07) is 0. The molecule has 0 aliphatic heterocycles. The quantitative estimate of drug-likeness (QED) is 0.628. The maximum Gasteiger partial charge on any atom is 0.164 e. The fraction of sp³-hybridized carbons (Fsp3) is 0.917. The van der Waals surface area contributed by atoms with Gasteiger partial charge in [0.15, 0.2) is 5.78 Å². The van der Waals surface area contributed by atoms with Crippen molar-refractivity contribution in [1.82, 2.24) is 0 Å². The molecule has 1 rings (SSSR count). The van der Waals surface area contributed by atoms with Crippen molar-refractivity contribution in [1.29, 1.82) is 0 Å². The smallest absolute Gasteiger partial charge is 0.164 e. The summed E-state index contributed by atoms with van der Waals surface area (Å²) in [7, 11) is 0. The van der Waals surface area contributed by atoms with Gasteiger partial charge < -0.3 is 4.74 Å². The molecule has 0 aromatic rings. The van der Waals surface area contributed by atoms with Crippen LogP contribution in [0.4, 0.5) is 0 Å². The van der Waals surface area contributed by atoms with Crippen molar-refractivity contribution in [2.75, 3.05) is 6.61 Å². The molecule has 0 amide bonds. The predicted molar refractivity (Wildman–Crippen MR) is 57.3 cm³/mol. The third-order valence-electron chi connectivity index (χ3n) is 3.24. The largest absolute Gasteiger partial charge is 0.368 e. The number of carbonyl (C=O) groups excluding carboxylic acids is 1. The first-order valence-electron chi connectivity index (χ1n) is 5.85. The van der Waals surface area contributed by atoms with Crippen molar-refractivity contribution in [3.05, 3.63) is 0 Å². The van der Waals surface area contributed by atoms with E-state index in [1.54, 1.807) is 0 Å². The Kier molecular flexibility index (Phi) is 4.11. The Hall–Kier alpha value is -0.370. The van der Waals surface area contributed by atoms with Crippen LogP contribution >= 0.6 is 0 Å². The molecular weight excluding hydrogens is 176 g/mol. The van der Waals surface area contributed by atoms with Gasteiger partial charge in [0.2, 0.25) is 0 Å². The average Bonchev–Trinajstić information content (AvgIpc) is 2.98. The second-order valence-corrected chi connectivity index (χ2v) is 4.21. The molecule has 0 N–H and O–H groups in total. The molecule has 0 aromatic heterocycles. The van der Waals surface area contributed by atoms with E-state index in [1.807, 2.05) is 20.8 Å². The third kappa shape index (κ3) is 2.57. The Balaban J connectivity index is 2.57. The summed E-state index contributed by atoms with van der Waals surface area (Å²) in [6.07, 6.45) is 4.83. The Morgan fingerprint density at radius 3 is 2.21 bits per heavy atom. The minimum atomic E-state index is -0.475. The van der Waals surface area contributed by atoms with Crippen LogP contribution in [0.1, 0.15) is 52.9 Å². The number of carbonyl (C=O) groups is 1. The second kappa shape index (κ2) is 4.92. The summed E-state index contributed by atoms with van der Waals surface area (Å²) in [6.45, 7) is 6.69. The number of hydrogen-bond donors (Lipinski definition) is 0. The minimum absolute atomic E-state index is 0.326. The van der Waals surface area contributed by atoms with Gasteiger partial charge in [0, 0.05) is 13.0 Å². The summed E-state index contributed by atoms with van der Waals surface area (Å²) in [4.78, 5) is 12.0. The van der Waals surface area contributed by atoms with E-state index in [4.69, 9.17) is 4.74 Å². The number of ketones is 1. The zero-order valence-electron chi connectivity index (χ0n) is 9.64. The lowest BCUT2D eigenvalue weighted by Gasteiger charge is -2.30. The highest BCUT2D eigenvalue weighted by molar-refractivity contribution is 5.87. The zero-order valence-corrected chi connectivity index (χ0v) is 9.64. The monoisotopic (exact) mass is 198 g/mol. The Morgan fingerprint density at radius 2 is 1.86 bits per heavy atom. The van der Waals surface area contributed by atoms with Gasteiger partial charge in [-0.3, -0.25) is 4.79 Å². The molecule has 14 heavy (non-hydrogen) atoms. The first-order valence-corrected chi connectivity index (χ1v) is 5.85. The van der Waals surface area contributed by atoms with Gasteiger partial charge in [0.25, 0.3) is 0 Å². The number of hydrogen-bond acceptors (Lipinski definition) is 2. The molecule has 1 saturated carbocycles. The minimum Gasteiger partial charge on any atom is -0.368 e. The van der Waals surface area contributed by atoms with E-state index in [0.717, 1.165) is 19.3 Å². The van der Waals surface area contributed by atoms with Crippen LogP contribution in [0.3, 0.4) is 0 Å². The number of Topliss-reactive ketones (excluding diaryl/α,β-unsaturated/α-hetero) is 1. The van der Waals surface area contributed by atoms with Crippen molar-refractivity contribution in [3.63, 3.8) is 0 Å². The Morgan fingerprint density at radius 1 is 1.29 bits per heavy atom. The highest BCUT2D eigenvalue weighted by Gasteiger charge is 2.38. The van der Waals surface area contributed by atoms with Crippen LogP contribution in [0.25, 0.3) is 0 Å². The maximum atomic E-state index is 12.0. The molecular formula is C12H22O2. The van der Waals surface area contributed by atoms with Crippen molar-refractivity contribution in [2.24, 2.45) is 5.92 Å². The van der Waals surface area contributed by atoms with Crippen LogP contribution in [0.5, 0.6) is 0 Å². The molecule has 82 valence electrons. The summed E-state index contributed by atoms with van der Waals surface area (Å²) in [5.41, 5.74) is -0.475.